The number of nitrogens with two attached hydrogens (primary N) is 1. The highest BCUT2D eigenvalue weighted by atomic mass is 16.1. The Labute approximate surface area is 43.1 Å². The first kappa shape index (κ1) is 6.43. The van der Waals surface area contributed by atoms with E-state index in [-0.39, 0.29) is 5.91 Å². The van der Waals surface area contributed by atoms with Gasteiger partial charge in [0, 0.05) is 0 Å². The lowest BCUT2D eigenvalue weighted by atomic mass is 10.6. The molecule has 0 aromatic carbocycles. The number of likely N-dealkylation sites (N-methyl/N-ethyl adjacent to an activating group) is 1. The third-order valence-corrected chi connectivity index (χ3v) is 0.472. The molecule has 2 N–H and O–H groups in total. The van der Waals surface area contributed by atoms with E-state index in [9.17, 15) is 4.79 Å². The molecule has 0 aliphatic rings. The van der Waals surface area contributed by atoms with Crippen LogP contribution in [0.4, 0.5) is 0 Å². The molecule has 0 aliphatic heterocycles. The summed E-state index contributed by atoms with van der Waals surface area (Å²) in [5.41, 5.74) is 4.81. The molecular weight excluding hydrogens is 92.1 g/mol. The van der Waals surface area contributed by atoms with Gasteiger partial charge in [-0.2, -0.15) is 4.90 Å². The van der Waals surface area contributed by atoms with Crippen molar-refractivity contribution in [1.82, 2.24) is 4.90 Å². The molecule has 3 heteroatoms. The van der Waals surface area contributed by atoms with Crippen molar-refractivity contribution in [2.45, 2.75) is 0 Å². The number of carbonyl (C=O) groups excluding carboxylic acids is 1. The van der Waals surface area contributed by atoms with Crippen LogP contribution in [0.15, 0.2) is 0 Å². The molecule has 0 saturated carbocycles. The smallest absolute Gasteiger partial charge is 0.277 e. The SMILES string of the molecule is C[N+](C)CC(N)=O. The van der Waals surface area contributed by atoms with Crippen LogP contribution < -0.4 is 10.6 Å². The van der Waals surface area contributed by atoms with Gasteiger partial charge in [0.15, 0.2) is 0 Å². The van der Waals surface area contributed by atoms with Gasteiger partial charge in [0.2, 0.25) is 6.54 Å². The van der Waals surface area contributed by atoms with E-state index in [0.29, 0.717) is 6.54 Å². The zero-order valence-electron chi connectivity index (χ0n) is 4.64. The molecule has 1 amide bonds. The second kappa shape index (κ2) is 2.58. The summed E-state index contributed by atoms with van der Waals surface area (Å²) in [5.74, 6) is -0.287. The molecule has 0 rings (SSSR count). The zero-order valence-corrected chi connectivity index (χ0v) is 4.64. The molecule has 1 radical (unpaired) electrons. The largest absolute Gasteiger partial charge is 0.365 e. The van der Waals surface area contributed by atoms with Crippen LogP contribution in [0.25, 0.3) is 0 Å². The Morgan fingerprint density at radius 1 is 1.71 bits per heavy atom. The van der Waals surface area contributed by atoms with Gasteiger partial charge in [0.1, 0.15) is 14.1 Å². The van der Waals surface area contributed by atoms with Gasteiger partial charge in [0.05, 0.1) is 0 Å². The first-order valence-corrected chi connectivity index (χ1v) is 2.06. The second-order valence-corrected chi connectivity index (χ2v) is 1.70. The maximum Gasteiger partial charge on any atom is 0.277 e. The minimum absolute atomic E-state index is 0.287. The molecule has 0 bridgehead atoms. The van der Waals surface area contributed by atoms with Gasteiger partial charge < -0.3 is 5.73 Å². The summed E-state index contributed by atoms with van der Waals surface area (Å²) in [6.07, 6.45) is 0. The third kappa shape index (κ3) is 5.43. The van der Waals surface area contributed by atoms with Crippen molar-refractivity contribution in [2.24, 2.45) is 5.73 Å². The van der Waals surface area contributed by atoms with Gasteiger partial charge >= 0.3 is 0 Å². The van der Waals surface area contributed by atoms with Crippen molar-refractivity contribution in [3.8, 4) is 0 Å². The van der Waals surface area contributed by atoms with Gasteiger partial charge in [-0.05, 0) is 0 Å². The van der Waals surface area contributed by atoms with E-state index in [0.717, 1.165) is 0 Å². The molecule has 0 saturated heterocycles. The van der Waals surface area contributed by atoms with E-state index < -0.39 is 0 Å². The van der Waals surface area contributed by atoms with Crippen LogP contribution in [0.1, 0.15) is 0 Å². The third-order valence-electron chi connectivity index (χ3n) is 0.472. The van der Waals surface area contributed by atoms with Crippen LogP contribution in [0.3, 0.4) is 0 Å². The van der Waals surface area contributed by atoms with E-state index in [1.807, 2.05) is 0 Å². The van der Waals surface area contributed by atoms with Gasteiger partial charge in [-0.15, -0.1) is 0 Å². The predicted molar refractivity (Wildman–Crippen MR) is 28.0 cm³/mol. The van der Waals surface area contributed by atoms with E-state index in [1.54, 1.807) is 19.0 Å². The lowest BCUT2D eigenvalue weighted by Gasteiger charge is -1.91. The first-order valence-electron chi connectivity index (χ1n) is 2.06. The standard InChI is InChI=1S/C4H10N2O/c1-6(2)3-4(5)7/h3H2,1-2H3,(H2,5,7)/q+1. The molecule has 0 aromatic rings. The van der Waals surface area contributed by atoms with E-state index in [4.69, 9.17) is 5.73 Å². The molecule has 7 heavy (non-hydrogen) atoms. The van der Waals surface area contributed by atoms with Crippen LogP contribution in [0.5, 0.6) is 0 Å². The van der Waals surface area contributed by atoms with Crippen LogP contribution in [0, 0.1) is 0 Å². The Morgan fingerprint density at radius 3 is 2.14 bits per heavy atom. The van der Waals surface area contributed by atoms with Crippen molar-refractivity contribution in [3.05, 3.63) is 0 Å². The fraction of sp³-hybridized carbons (Fsp3) is 0.750. The summed E-state index contributed by atoms with van der Waals surface area (Å²) in [7, 11) is 3.59. The molecule has 0 aromatic heterocycles. The Kier molecular flexibility index (Phi) is 2.37. The number of hydrogen-bond donors (Lipinski definition) is 1. The average Bonchev–Trinajstić information content (AvgIpc) is 1.27. The van der Waals surface area contributed by atoms with Gasteiger partial charge in [-0.3, -0.25) is 4.79 Å². The average molecular weight is 102 g/mol. The lowest BCUT2D eigenvalue weighted by Crippen LogP contribution is -2.31. The Balaban J connectivity index is 3.13. The van der Waals surface area contributed by atoms with Gasteiger partial charge in [-0.25, -0.2) is 0 Å². The van der Waals surface area contributed by atoms with Crippen molar-refractivity contribution in [3.63, 3.8) is 0 Å². The monoisotopic (exact) mass is 102 g/mol. The molecule has 0 heterocycles. The number of hydrogen-bond acceptors (Lipinski definition) is 2. The topological polar surface area (TPSA) is 49.0 Å². The van der Waals surface area contributed by atoms with Crippen molar-refractivity contribution >= 4 is 5.91 Å². The molecule has 0 spiro atoms. The van der Waals surface area contributed by atoms with Crippen molar-refractivity contribution < 1.29 is 4.79 Å². The summed E-state index contributed by atoms with van der Waals surface area (Å²) in [5, 5.41) is 0. The van der Waals surface area contributed by atoms with Crippen LogP contribution >= 0.6 is 0 Å². The molecule has 3 nitrogen and oxygen atoms in total. The van der Waals surface area contributed by atoms with Gasteiger partial charge in [0.25, 0.3) is 5.91 Å². The fourth-order valence-electron chi connectivity index (χ4n) is 0.312. The van der Waals surface area contributed by atoms with E-state index in [1.165, 1.54) is 0 Å². The number of nitrogens with zero attached hydrogens (tertiary/aromatic N) is 1. The zero-order chi connectivity index (χ0) is 5.86. The number of primary amides is 1. The van der Waals surface area contributed by atoms with Crippen LogP contribution in [-0.4, -0.2) is 26.5 Å². The summed E-state index contributed by atoms with van der Waals surface area (Å²) in [6, 6.07) is 0. The highest BCUT2D eigenvalue weighted by Crippen LogP contribution is 1.62. The Bertz CT molecular complexity index is 70.1. The maximum atomic E-state index is 9.99. The molecule has 0 aliphatic carbocycles. The van der Waals surface area contributed by atoms with Crippen LogP contribution in [0.2, 0.25) is 0 Å². The first-order chi connectivity index (χ1) is 3.13. The molecule has 0 unspecified atom stereocenters. The van der Waals surface area contributed by atoms with Gasteiger partial charge in [-0.1, -0.05) is 0 Å². The fourth-order valence-corrected chi connectivity index (χ4v) is 0.312. The molecule has 0 atom stereocenters. The highest BCUT2D eigenvalue weighted by molar-refractivity contribution is 5.76. The lowest BCUT2D eigenvalue weighted by molar-refractivity contribution is -0.117. The minimum atomic E-state index is -0.287. The maximum absolute atomic E-state index is 9.99. The van der Waals surface area contributed by atoms with Crippen molar-refractivity contribution in [2.75, 3.05) is 20.6 Å². The summed E-state index contributed by atoms with van der Waals surface area (Å²) in [6.45, 7) is 0.333. The number of amides is 1. The molecule has 0 fully saturated rings. The molecular formula is C4H10N2O+. The summed E-state index contributed by atoms with van der Waals surface area (Å²) >= 11 is 0. The normalized spacial score (nSPS) is 9.57. The Morgan fingerprint density at radius 2 is 2.14 bits per heavy atom. The van der Waals surface area contributed by atoms with E-state index in [2.05, 4.69) is 0 Å². The predicted octanol–water partition coefficient (Wildman–Crippen LogP) is -1.13. The number of rotatable bonds is 2. The minimum Gasteiger partial charge on any atom is -0.365 e. The highest BCUT2D eigenvalue weighted by Gasteiger charge is 2.01. The Hall–Kier alpha value is -0.570. The second-order valence-electron chi connectivity index (χ2n) is 1.70. The summed E-state index contributed by atoms with van der Waals surface area (Å²) in [4.78, 5) is 11.7. The van der Waals surface area contributed by atoms with Crippen molar-refractivity contribution in [1.29, 1.82) is 0 Å². The molecule has 41 valence electrons. The summed E-state index contributed by atoms with van der Waals surface area (Å²) < 4.78 is 0. The van der Waals surface area contributed by atoms with E-state index >= 15 is 0 Å². The number of carbonyl (C=O) groups is 1. The quantitative estimate of drug-likeness (QED) is 0.441. The van der Waals surface area contributed by atoms with Crippen LogP contribution in [-0.2, 0) is 4.79 Å².